The van der Waals surface area contributed by atoms with E-state index in [0.717, 1.165) is 16.7 Å². The molecule has 7 nitrogen and oxygen atoms in total. The zero-order valence-electron chi connectivity index (χ0n) is 15.3. The number of hydrogen-bond donors (Lipinski definition) is 0. The highest BCUT2D eigenvalue weighted by molar-refractivity contribution is 8.18. The molecule has 0 radical (unpaired) electrons. The third-order valence-corrected chi connectivity index (χ3v) is 5.30. The number of nitro benzene ring substituents is 1. The van der Waals surface area contributed by atoms with Crippen LogP contribution in [0.5, 0.6) is 0 Å². The van der Waals surface area contributed by atoms with Gasteiger partial charge >= 0.3 is 0 Å². The summed E-state index contributed by atoms with van der Waals surface area (Å²) in [5, 5.41) is 10.8. The van der Waals surface area contributed by atoms with Crippen LogP contribution in [-0.4, -0.2) is 21.0 Å². The van der Waals surface area contributed by atoms with Gasteiger partial charge in [0.2, 0.25) is 0 Å². The number of halogens is 1. The lowest BCUT2D eigenvalue weighted by Gasteiger charge is -2.12. The van der Waals surface area contributed by atoms with Crippen LogP contribution in [0.2, 0.25) is 0 Å². The van der Waals surface area contributed by atoms with Crippen molar-refractivity contribution < 1.29 is 23.3 Å². The molecule has 0 atom stereocenters. The van der Waals surface area contributed by atoms with Gasteiger partial charge in [-0.3, -0.25) is 24.6 Å². The molecule has 0 saturated carbocycles. The largest absolute Gasteiger partial charge is 0.456 e. The van der Waals surface area contributed by atoms with Gasteiger partial charge in [-0.15, -0.1) is 0 Å². The summed E-state index contributed by atoms with van der Waals surface area (Å²) in [5.41, 5.74) is 0.834. The molecule has 150 valence electrons. The van der Waals surface area contributed by atoms with Crippen molar-refractivity contribution in [3.8, 4) is 11.3 Å². The molecule has 0 spiro atoms. The van der Waals surface area contributed by atoms with Gasteiger partial charge in [0.25, 0.3) is 16.8 Å². The van der Waals surface area contributed by atoms with Crippen molar-refractivity contribution in [2.75, 3.05) is 0 Å². The highest BCUT2D eigenvalue weighted by atomic mass is 32.2. The summed E-state index contributed by atoms with van der Waals surface area (Å²) in [4.78, 5) is 36.8. The van der Waals surface area contributed by atoms with Gasteiger partial charge in [-0.05, 0) is 47.7 Å². The van der Waals surface area contributed by atoms with Gasteiger partial charge in [-0.2, -0.15) is 0 Å². The fraction of sp³-hybridized carbons (Fsp3) is 0.0476. The summed E-state index contributed by atoms with van der Waals surface area (Å²) in [6, 6.07) is 14.8. The van der Waals surface area contributed by atoms with Crippen LogP contribution in [0.4, 0.5) is 14.9 Å². The Kier molecular flexibility index (Phi) is 5.20. The molecule has 1 aliphatic heterocycles. The predicted molar refractivity (Wildman–Crippen MR) is 109 cm³/mol. The molecule has 1 aromatic heterocycles. The number of rotatable bonds is 5. The lowest BCUT2D eigenvalue weighted by Crippen LogP contribution is -2.27. The van der Waals surface area contributed by atoms with Gasteiger partial charge in [0.1, 0.15) is 17.3 Å². The molecule has 0 bridgehead atoms. The van der Waals surface area contributed by atoms with E-state index in [0.29, 0.717) is 11.1 Å². The molecule has 1 aliphatic rings. The lowest BCUT2D eigenvalue weighted by atomic mass is 10.1. The number of thioether (sulfide) groups is 1. The average molecular weight is 424 g/mol. The zero-order chi connectivity index (χ0) is 21.3. The summed E-state index contributed by atoms with van der Waals surface area (Å²) in [7, 11) is 0. The molecule has 0 N–H and O–H groups in total. The first kappa shape index (κ1) is 19.6. The number of hydrogen-bond acceptors (Lipinski definition) is 6. The number of carbonyl (C=O) groups excluding carboxylic acids is 2. The molecule has 3 aromatic rings. The van der Waals surface area contributed by atoms with Gasteiger partial charge in [0.15, 0.2) is 0 Å². The molecule has 2 aromatic carbocycles. The maximum absolute atomic E-state index is 13.0. The Bertz CT molecular complexity index is 1190. The minimum absolute atomic E-state index is 0.0297. The fourth-order valence-corrected chi connectivity index (χ4v) is 3.77. The number of furan rings is 1. The summed E-state index contributed by atoms with van der Waals surface area (Å²) < 4.78 is 18.7. The Balaban J connectivity index is 1.56. The second-order valence-corrected chi connectivity index (χ2v) is 7.36. The van der Waals surface area contributed by atoms with Crippen molar-refractivity contribution in [1.29, 1.82) is 0 Å². The van der Waals surface area contributed by atoms with E-state index >= 15 is 0 Å². The van der Waals surface area contributed by atoms with E-state index < -0.39 is 21.9 Å². The number of carbonyl (C=O) groups is 2. The first-order chi connectivity index (χ1) is 14.4. The Morgan fingerprint density at radius 1 is 1.07 bits per heavy atom. The van der Waals surface area contributed by atoms with E-state index in [2.05, 4.69) is 0 Å². The van der Waals surface area contributed by atoms with Crippen LogP contribution in [0.1, 0.15) is 11.3 Å². The molecule has 1 fully saturated rings. The number of benzene rings is 2. The third-order valence-electron chi connectivity index (χ3n) is 4.39. The van der Waals surface area contributed by atoms with Gasteiger partial charge in [0, 0.05) is 12.1 Å². The van der Waals surface area contributed by atoms with E-state index in [1.54, 1.807) is 30.3 Å². The maximum atomic E-state index is 13.0. The molecule has 4 rings (SSSR count). The van der Waals surface area contributed by atoms with Crippen LogP contribution >= 0.6 is 11.8 Å². The Labute approximate surface area is 173 Å². The zero-order valence-corrected chi connectivity index (χ0v) is 16.1. The molecule has 30 heavy (non-hydrogen) atoms. The van der Waals surface area contributed by atoms with Crippen LogP contribution in [-0.2, 0) is 11.3 Å². The molecule has 1 saturated heterocycles. The summed E-state index contributed by atoms with van der Waals surface area (Å²) in [6.45, 7) is 0.0297. The first-order valence-electron chi connectivity index (χ1n) is 8.76. The number of imide groups is 1. The summed E-state index contributed by atoms with van der Waals surface area (Å²) >= 11 is 0.768. The van der Waals surface area contributed by atoms with E-state index in [9.17, 15) is 24.1 Å². The Morgan fingerprint density at radius 3 is 2.53 bits per heavy atom. The van der Waals surface area contributed by atoms with Crippen molar-refractivity contribution in [3.63, 3.8) is 0 Å². The van der Waals surface area contributed by atoms with Gasteiger partial charge in [0.05, 0.1) is 21.9 Å². The van der Waals surface area contributed by atoms with Crippen LogP contribution in [0, 0.1) is 15.9 Å². The van der Waals surface area contributed by atoms with Crippen molar-refractivity contribution >= 4 is 34.7 Å². The third kappa shape index (κ3) is 3.87. The normalized spacial score (nSPS) is 15.2. The Hall–Kier alpha value is -3.72. The summed E-state index contributed by atoms with van der Waals surface area (Å²) in [5.74, 6) is -0.326. The number of para-hydroxylation sites is 1. The SMILES string of the molecule is O=C1S/C(=C\c2ccc(-c3ccccc3[N+](=O)[O-])o2)C(=O)N1Cc1ccc(F)cc1. The van der Waals surface area contributed by atoms with E-state index in [1.807, 2.05) is 0 Å². The fourth-order valence-electron chi connectivity index (χ4n) is 2.95. The smallest absolute Gasteiger partial charge is 0.293 e. The number of nitro groups is 1. The highest BCUT2D eigenvalue weighted by Crippen LogP contribution is 2.35. The topological polar surface area (TPSA) is 93.7 Å². The van der Waals surface area contributed by atoms with Crippen molar-refractivity contribution in [2.45, 2.75) is 6.54 Å². The molecule has 9 heteroatoms. The standard InChI is InChI=1S/C21H13FN2O5S/c22-14-7-5-13(6-8-14)12-23-20(25)19(30-21(23)26)11-15-9-10-18(29-15)16-3-1-2-4-17(16)24(27)28/h1-11H,12H2/b19-11-. The predicted octanol–water partition coefficient (Wildman–Crippen LogP) is 5.23. The van der Waals surface area contributed by atoms with Crippen molar-refractivity contribution in [3.05, 3.63) is 92.8 Å². The molecule has 2 amide bonds. The van der Waals surface area contributed by atoms with Gasteiger partial charge < -0.3 is 4.42 Å². The monoisotopic (exact) mass is 424 g/mol. The number of amides is 2. The van der Waals surface area contributed by atoms with Crippen LogP contribution in [0.25, 0.3) is 17.4 Å². The van der Waals surface area contributed by atoms with Gasteiger partial charge in [-0.1, -0.05) is 24.3 Å². The quantitative estimate of drug-likeness (QED) is 0.316. The molecule has 0 aliphatic carbocycles. The van der Waals surface area contributed by atoms with E-state index in [1.165, 1.54) is 36.4 Å². The van der Waals surface area contributed by atoms with Gasteiger partial charge in [-0.25, -0.2) is 4.39 Å². The van der Waals surface area contributed by atoms with E-state index in [4.69, 9.17) is 4.42 Å². The second-order valence-electron chi connectivity index (χ2n) is 6.37. The van der Waals surface area contributed by atoms with E-state index in [-0.39, 0.29) is 28.7 Å². The van der Waals surface area contributed by atoms with Crippen LogP contribution < -0.4 is 0 Å². The minimum Gasteiger partial charge on any atom is -0.456 e. The minimum atomic E-state index is -0.502. The average Bonchev–Trinajstić information content (AvgIpc) is 3.30. The molecular weight excluding hydrogens is 411 g/mol. The summed E-state index contributed by atoms with van der Waals surface area (Å²) in [6.07, 6.45) is 1.42. The van der Waals surface area contributed by atoms with Crippen molar-refractivity contribution in [1.82, 2.24) is 4.90 Å². The van der Waals surface area contributed by atoms with Crippen molar-refractivity contribution in [2.24, 2.45) is 0 Å². The number of nitrogens with zero attached hydrogens (tertiary/aromatic N) is 2. The first-order valence-corrected chi connectivity index (χ1v) is 9.57. The Morgan fingerprint density at radius 2 is 1.80 bits per heavy atom. The molecule has 2 heterocycles. The maximum Gasteiger partial charge on any atom is 0.293 e. The lowest BCUT2D eigenvalue weighted by molar-refractivity contribution is -0.384. The molecule has 0 unspecified atom stereocenters. The van der Waals surface area contributed by atoms with Crippen LogP contribution in [0.3, 0.4) is 0 Å². The molecular formula is C21H13FN2O5S. The second kappa shape index (κ2) is 7.96. The highest BCUT2D eigenvalue weighted by Gasteiger charge is 2.35. The van der Waals surface area contributed by atoms with Crippen LogP contribution in [0.15, 0.2) is 70.0 Å².